The Bertz CT molecular complexity index is 1020. The smallest absolute Gasteiger partial charge is 0.283 e. The Morgan fingerprint density at radius 1 is 0.964 bits per heavy atom. The van der Waals surface area contributed by atoms with Gasteiger partial charge >= 0.3 is 0 Å². The standard InChI is InChI=1S/C20H15ClN2O4S/c21-13-7-5-12(6-8-13)17-9-10-18(28-17)20(25)23-22-19(24)16-11-26-14-3-1-2-4-15(14)27-16/h1-10,16H,11H2,(H,22,24)(H,23,25). The highest BCUT2D eigenvalue weighted by atomic mass is 35.5. The highest BCUT2D eigenvalue weighted by molar-refractivity contribution is 7.17. The topological polar surface area (TPSA) is 76.7 Å². The Morgan fingerprint density at radius 3 is 2.50 bits per heavy atom. The highest BCUT2D eigenvalue weighted by Gasteiger charge is 2.27. The summed E-state index contributed by atoms with van der Waals surface area (Å²) in [6.07, 6.45) is -0.844. The molecule has 28 heavy (non-hydrogen) atoms. The molecule has 0 bridgehead atoms. The second-order valence-corrected chi connectivity index (χ2v) is 7.50. The molecule has 1 aliphatic rings. The van der Waals surface area contributed by atoms with Gasteiger partial charge in [0.05, 0.1) is 4.88 Å². The third-order valence-corrected chi connectivity index (χ3v) is 5.44. The number of amides is 2. The Kier molecular flexibility index (Phi) is 5.18. The summed E-state index contributed by atoms with van der Waals surface area (Å²) in [6.45, 7) is 0.0679. The van der Waals surface area contributed by atoms with Crippen LogP contribution in [0.5, 0.6) is 11.5 Å². The molecule has 2 N–H and O–H groups in total. The summed E-state index contributed by atoms with van der Waals surface area (Å²) in [7, 11) is 0. The van der Waals surface area contributed by atoms with E-state index in [4.69, 9.17) is 21.1 Å². The second kappa shape index (κ2) is 7.92. The number of fused-ring (bicyclic) bond motifs is 1. The fourth-order valence-electron chi connectivity index (χ4n) is 2.64. The third-order valence-electron chi connectivity index (χ3n) is 4.06. The predicted octanol–water partition coefficient (Wildman–Crippen LogP) is 3.67. The molecule has 4 rings (SSSR count). The molecule has 2 amide bonds. The molecule has 0 saturated carbocycles. The van der Waals surface area contributed by atoms with Crippen molar-refractivity contribution < 1.29 is 19.1 Å². The average Bonchev–Trinajstić information content (AvgIpc) is 3.22. The molecule has 3 aromatic rings. The Balaban J connectivity index is 1.34. The van der Waals surface area contributed by atoms with Crippen molar-refractivity contribution in [1.29, 1.82) is 0 Å². The first-order valence-electron chi connectivity index (χ1n) is 8.44. The first-order chi connectivity index (χ1) is 13.6. The van der Waals surface area contributed by atoms with Crippen molar-refractivity contribution in [3.8, 4) is 21.9 Å². The molecule has 1 aliphatic heterocycles. The van der Waals surface area contributed by atoms with Crippen LogP contribution in [0.3, 0.4) is 0 Å². The zero-order valence-electron chi connectivity index (χ0n) is 14.5. The first-order valence-corrected chi connectivity index (χ1v) is 9.64. The summed E-state index contributed by atoms with van der Waals surface area (Å²) in [5.41, 5.74) is 5.75. The molecule has 8 heteroatoms. The predicted molar refractivity (Wildman–Crippen MR) is 107 cm³/mol. The Hall–Kier alpha value is -3.03. The van der Waals surface area contributed by atoms with Crippen LogP contribution in [0.25, 0.3) is 10.4 Å². The number of thiophene rings is 1. The largest absolute Gasteiger partial charge is 0.485 e. The van der Waals surface area contributed by atoms with Gasteiger partial charge < -0.3 is 9.47 Å². The number of halogens is 1. The number of hydrogen-bond donors (Lipinski definition) is 2. The average molecular weight is 415 g/mol. The molecule has 0 saturated heterocycles. The van der Waals surface area contributed by atoms with E-state index in [1.165, 1.54) is 11.3 Å². The van der Waals surface area contributed by atoms with E-state index >= 15 is 0 Å². The van der Waals surface area contributed by atoms with Crippen LogP contribution in [0.15, 0.2) is 60.7 Å². The zero-order chi connectivity index (χ0) is 19.5. The lowest BCUT2D eigenvalue weighted by Gasteiger charge is -2.25. The third kappa shape index (κ3) is 3.95. The molecule has 1 unspecified atom stereocenters. The van der Waals surface area contributed by atoms with Crippen LogP contribution in [-0.4, -0.2) is 24.5 Å². The van der Waals surface area contributed by atoms with Crippen LogP contribution in [0.4, 0.5) is 0 Å². The minimum atomic E-state index is -0.844. The van der Waals surface area contributed by atoms with Crippen molar-refractivity contribution in [2.45, 2.75) is 6.10 Å². The second-order valence-electron chi connectivity index (χ2n) is 5.98. The molecule has 0 spiro atoms. The lowest BCUT2D eigenvalue weighted by Crippen LogP contribution is -2.50. The number of ether oxygens (including phenoxy) is 2. The minimum Gasteiger partial charge on any atom is -0.485 e. The van der Waals surface area contributed by atoms with Crippen LogP contribution >= 0.6 is 22.9 Å². The van der Waals surface area contributed by atoms with Crippen molar-refractivity contribution in [3.63, 3.8) is 0 Å². The van der Waals surface area contributed by atoms with E-state index in [2.05, 4.69) is 10.9 Å². The molecule has 0 radical (unpaired) electrons. The molecule has 1 aromatic heterocycles. The summed E-state index contributed by atoms with van der Waals surface area (Å²) >= 11 is 7.21. The van der Waals surface area contributed by atoms with Gasteiger partial charge in [-0.3, -0.25) is 20.4 Å². The van der Waals surface area contributed by atoms with E-state index < -0.39 is 17.9 Å². The maximum atomic E-state index is 12.3. The summed E-state index contributed by atoms with van der Waals surface area (Å²) in [4.78, 5) is 26.0. The SMILES string of the molecule is O=C(NNC(=O)C1COc2ccccc2O1)c1ccc(-c2ccc(Cl)cc2)s1. The highest BCUT2D eigenvalue weighted by Crippen LogP contribution is 2.31. The zero-order valence-corrected chi connectivity index (χ0v) is 16.0. The molecule has 142 valence electrons. The van der Waals surface area contributed by atoms with E-state index in [1.807, 2.05) is 24.3 Å². The van der Waals surface area contributed by atoms with Crippen LogP contribution in [-0.2, 0) is 4.79 Å². The number of benzene rings is 2. The van der Waals surface area contributed by atoms with E-state index in [9.17, 15) is 9.59 Å². The van der Waals surface area contributed by atoms with Gasteiger partial charge in [-0.05, 0) is 42.0 Å². The van der Waals surface area contributed by atoms with Crippen LogP contribution < -0.4 is 20.3 Å². The molecule has 2 aromatic carbocycles. The molecule has 0 fully saturated rings. The van der Waals surface area contributed by atoms with Crippen molar-refractivity contribution in [1.82, 2.24) is 10.9 Å². The first kappa shape index (κ1) is 18.3. The fourth-order valence-corrected chi connectivity index (χ4v) is 3.67. The number of carbonyl (C=O) groups is 2. The lowest BCUT2D eigenvalue weighted by molar-refractivity contribution is -0.131. The molecule has 1 atom stereocenters. The van der Waals surface area contributed by atoms with E-state index in [-0.39, 0.29) is 6.61 Å². The van der Waals surface area contributed by atoms with Gasteiger partial charge in [0, 0.05) is 9.90 Å². The lowest BCUT2D eigenvalue weighted by atomic mass is 10.2. The normalized spacial score (nSPS) is 15.0. The maximum absolute atomic E-state index is 12.3. The summed E-state index contributed by atoms with van der Waals surface area (Å²) in [6, 6.07) is 18.0. The van der Waals surface area contributed by atoms with Gasteiger partial charge in [0.15, 0.2) is 11.5 Å². The van der Waals surface area contributed by atoms with Gasteiger partial charge in [0.2, 0.25) is 6.10 Å². The van der Waals surface area contributed by atoms with E-state index in [0.29, 0.717) is 21.4 Å². The number of carbonyl (C=O) groups excluding carboxylic acids is 2. The van der Waals surface area contributed by atoms with Gasteiger partial charge in [-0.2, -0.15) is 0 Å². The van der Waals surface area contributed by atoms with Crippen molar-refractivity contribution >= 4 is 34.8 Å². The van der Waals surface area contributed by atoms with Gasteiger partial charge in [-0.25, -0.2) is 0 Å². The Labute approximate surface area is 170 Å². The van der Waals surface area contributed by atoms with Crippen molar-refractivity contribution in [2.75, 3.05) is 6.61 Å². The van der Waals surface area contributed by atoms with E-state index in [1.54, 1.807) is 36.4 Å². The number of rotatable bonds is 3. The van der Waals surface area contributed by atoms with Gasteiger partial charge in [-0.15, -0.1) is 11.3 Å². The number of nitrogens with one attached hydrogen (secondary N) is 2. The maximum Gasteiger partial charge on any atom is 0.283 e. The van der Waals surface area contributed by atoms with Gasteiger partial charge in [-0.1, -0.05) is 35.9 Å². The summed E-state index contributed by atoms with van der Waals surface area (Å²) < 4.78 is 11.1. The molecule has 0 aliphatic carbocycles. The molecule has 2 heterocycles. The van der Waals surface area contributed by atoms with Crippen LogP contribution in [0.1, 0.15) is 9.67 Å². The molecule has 6 nitrogen and oxygen atoms in total. The molecular weight excluding hydrogens is 400 g/mol. The van der Waals surface area contributed by atoms with Gasteiger partial charge in [0.1, 0.15) is 6.61 Å². The Morgan fingerprint density at radius 2 is 1.71 bits per heavy atom. The van der Waals surface area contributed by atoms with Crippen LogP contribution in [0.2, 0.25) is 5.02 Å². The fraction of sp³-hybridized carbons (Fsp3) is 0.100. The van der Waals surface area contributed by atoms with Crippen LogP contribution in [0, 0.1) is 0 Å². The monoisotopic (exact) mass is 414 g/mol. The number of hydrazine groups is 1. The van der Waals surface area contributed by atoms with Crippen molar-refractivity contribution in [2.24, 2.45) is 0 Å². The van der Waals surface area contributed by atoms with Gasteiger partial charge in [0.25, 0.3) is 11.8 Å². The summed E-state index contributed by atoms with van der Waals surface area (Å²) in [5.74, 6) is 0.183. The van der Waals surface area contributed by atoms with Crippen molar-refractivity contribution in [3.05, 3.63) is 70.6 Å². The molecular formula is C20H15ClN2O4S. The number of hydrogen-bond acceptors (Lipinski definition) is 5. The quantitative estimate of drug-likeness (QED) is 0.641. The summed E-state index contributed by atoms with van der Waals surface area (Å²) in [5, 5.41) is 0.650. The number of para-hydroxylation sites is 2. The van der Waals surface area contributed by atoms with E-state index in [0.717, 1.165) is 10.4 Å². The minimum absolute atomic E-state index is 0.0679.